The molecule has 7 heteroatoms. The minimum absolute atomic E-state index is 0.110. The summed E-state index contributed by atoms with van der Waals surface area (Å²) in [4.78, 5) is 22.1. The van der Waals surface area contributed by atoms with Crippen LogP contribution in [0.25, 0.3) is 0 Å². The summed E-state index contributed by atoms with van der Waals surface area (Å²) in [5.41, 5.74) is 1.89. The summed E-state index contributed by atoms with van der Waals surface area (Å²) >= 11 is 0. The van der Waals surface area contributed by atoms with Crippen molar-refractivity contribution in [2.45, 2.75) is 18.7 Å². The molecule has 120 valence electrons. The van der Waals surface area contributed by atoms with Gasteiger partial charge in [-0.15, -0.1) is 0 Å². The Morgan fingerprint density at radius 3 is 2.04 bits per heavy atom. The average molecular weight is 333 g/mol. The van der Waals surface area contributed by atoms with E-state index in [0.29, 0.717) is 5.56 Å². The maximum Gasteiger partial charge on any atom is 0.269 e. The Kier molecular flexibility index (Phi) is 4.60. The van der Waals surface area contributed by atoms with E-state index in [1.165, 1.54) is 0 Å². The number of nitro groups is 1. The summed E-state index contributed by atoms with van der Waals surface area (Å²) in [6, 6.07) is 9.66. The zero-order chi connectivity index (χ0) is 17.2. The largest absolute Gasteiger partial charge is 0.293 e. The molecule has 0 radical (unpaired) electrons. The zero-order valence-corrected chi connectivity index (χ0v) is 13.5. The Bertz CT molecular complexity index is 850. The summed E-state index contributed by atoms with van der Waals surface area (Å²) in [6.45, 7) is 3.66. The fraction of sp³-hybridized carbons (Fsp3) is 0.188. The number of hydrogen-bond acceptors (Lipinski definition) is 5. The molecule has 0 aliphatic carbocycles. The van der Waals surface area contributed by atoms with Crippen molar-refractivity contribution in [2.24, 2.45) is 0 Å². The second-order valence-electron chi connectivity index (χ2n) is 5.31. The lowest BCUT2D eigenvalue weighted by Gasteiger charge is -2.06. The molecule has 0 saturated carbocycles. The van der Waals surface area contributed by atoms with Gasteiger partial charge in [-0.05, 0) is 38.1 Å². The number of carbonyl (C=O) groups excluding carboxylic acids is 1. The van der Waals surface area contributed by atoms with Crippen LogP contribution < -0.4 is 0 Å². The Morgan fingerprint density at radius 1 is 1.04 bits per heavy atom. The summed E-state index contributed by atoms with van der Waals surface area (Å²) in [7, 11) is -3.85. The van der Waals surface area contributed by atoms with Gasteiger partial charge in [0.1, 0.15) is 5.75 Å². The molecule has 6 nitrogen and oxygen atoms in total. The van der Waals surface area contributed by atoms with Gasteiger partial charge in [-0.1, -0.05) is 17.2 Å². The van der Waals surface area contributed by atoms with Gasteiger partial charge in [0.2, 0.25) is 0 Å². The molecule has 0 bridgehead atoms. The summed E-state index contributed by atoms with van der Waals surface area (Å²) in [6.07, 6.45) is 0. The van der Waals surface area contributed by atoms with Crippen LogP contribution in [-0.4, -0.2) is 24.9 Å². The number of ketones is 1. The van der Waals surface area contributed by atoms with Crippen molar-refractivity contribution < 1.29 is 18.1 Å². The van der Waals surface area contributed by atoms with Crippen molar-refractivity contribution >= 4 is 21.3 Å². The number of non-ortho nitro benzene ring substituents is 1. The molecule has 0 heterocycles. The Hall–Kier alpha value is -2.54. The van der Waals surface area contributed by atoms with Crippen LogP contribution in [0.1, 0.15) is 21.5 Å². The second kappa shape index (κ2) is 6.29. The van der Waals surface area contributed by atoms with Crippen molar-refractivity contribution in [1.29, 1.82) is 0 Å². The SMILES string of the molecule is Cc1cc(C)cc(C(=O)CS(=O)(=O)c2ccc([N+](=O)[O-])cc2)c1. The highest BCUT2D eigenvalue weighted by Crippen LogP contribution is 2.18. The van der Waals surface area contributed by atoms with E-state index < -0.39 is 26.3 Å². The first-order chi connectivity index (χ1) is 10.7. The van der Waals surface area contributed by atoms with E-state index in [-0.39, 0.29) is 10.6 Å². The maximum atomic E-state index is 12.3. The number of nitrogens with zero attached hydrogens (tertiary/aromatic N) is 1. The lowest BCUT2D eigenvalue weighted by atomic mass is 10.1. The minimum Gasteiger partial charge on any atom is -0.293 e. The van der Waals surface area contributed by atoms with Crippen molar-refractivity contribution in [3.63, 3.8) is 0 Å². The normalized spacial score (nSPS) is 11.2. The van der Waals surface area contributed by atoms with Crippen molar-refractivity contribution in [1.82, 2.24) is 0 Å². The van der Waals surface area contributed by atoms with E-state index in [4.69, 9.17) is 0 Å². The van der Waals surface area contributed by atoms with Gasteiger partial charge in [-0.3, -0.25) is 14.9 Å². The molecule has 0 N–H and O–H groups in total. The molecule has 0 fully saturated rings. The van der Waals surface area contributed by atoms with Gasteiger partial charge in [0.05, 0.1) is 9.82 Å². The number of sulfone groups is 1. The first-order valence-electron chi connectivity index (χ1n) is 6.78. The van der Waals surface area contributed by atoms with Crippen LogP contribution in [0.15, 0.2) is 47.4 Å². The summed E-state index contributed by atoms with van der Waals surface area (Å²) < 4.78 is 24.6. The van der Waals surface area contributed by atoms with Gasteiger partial charge in [0.25, 0.3) is 5.69 Å². The van der Waals surface area contributed by atoms with Gasteiger partial charge < -0.3 is 0 Å². The highest BCUT2D eigenvalue weighted by molar-refractivity contribution is 7.92. The smallest absolute Gasteiger partial charge is 0.269 e. The monoisotopic (exact) mass is 333 g/mol. The van der Waals surface area contributed by atoms with Crippen LogP contribution in [0, 0.1) is 24.0 Å². The molecule has 0 atom stereocenters. The topological polar surface area (TPSA) is 94.3 Å². The molecule has 0 aliphatic rings. The Labute approximate surface area is 133 Å². The minimum atomic E-state index is -3.85. The number of carbonyl (C=O) groups is 1. The Balaban J connectivity index is 2.26. The summed E-state index contributed by atoms with van der Waals surface area (Å²) in [5.74, 6) is -1.18. The van der Waals surface area contributed by atoms with Crippen LogP contribution in [0.3, 0.4) is 0 Å². The molecule has 0 saturated heterocycles. The van der Waals surface area contributed by atoms with Crippen LogP contribution >= 0.6 is 0 Å². The van der Waals surface area contributed by atoms with Crippen molar-refractivity contribution in [3.8, 4) is 0 Å². The fourth-order valence-electron chi connectivity index (χ4n) is 2.25. The number of hydrogen-bond donors (Lipinski definition) is 0. The highest BCUT2D eigenvalue weighted by atomic mass is 32.2. The third-order valence-electron chi connectivity index (χ3n) is 3.27. The van der Waals surface area contributed by atoms with E-state index in [2.05, 4.69) is 0 Å². The third kappa shape index (κ3) is 4.01. The quantitative estimate of drug-likeness (QED) is 0.476. The van der Waals surface area contributed by atoms with Gasteiger partial charge in [0.15, 0.2) is 15.6 Å². The van der Waals surface area contributed by atoms with Gasteiger partial charge in [-0.25, -0.2) is 8.42 Å². The molecular weight excluding hydrogens is 318 g/mol. The van der Waals surface area contributed by atoms with Gasteiger partial charge in [0, 0.05) is 17.7 Å². The zero-order valence-electron chi connectivity index (χ0n) is 12.6. The summed E-state index contributed by atoms with van der Waals surface area (Å²) in [5, 5.41) is 10.6. The number of aryl methyl sites for hydroxylation is 2. The molecule has 0 spiro atoms. The number of benzene rings is 2. The van der Waals surface area contributed by atoms with Crippen LogP contribution in [-0.2, 0) is 9.84 Å². The van der Waals surface area contributed by atoms with Gasteiger partial charge in [-0.2, -0.15) is 0 Å². The number of nitro benzene ring substituents is 1. The molecule has 2 aromatic rings. The van der Waals surface area contributed by atoms with Crippen LogP contribution in [0.5, 0.6) is 0 Å². The van der Waals surface area contributed by atoms with E-state index in [1.54, 1.807) is 12.1 Å². The van der Waals surface area contributed by atoms with E-state index in [0.717, 1.165) is 35.4 Å². The Morgan fingerprint density at radius 2 is 1.57 bits per heavy atom. The van der Waals surface area contributed by atoms with Crippen molar-refractivity contribution in [2.75, 3.05) is 5.75 Å². The lowest BCUT2D eigenvalue weighted by Crippen LogP contribution is -2.16. The molecule has 0 aliphatic heterocycles. The van der Waals surface area contributed by atoms with E-state index in [9.17, 15) is 23.3 Å². The first-order valence-corrected chi connectivity index (χ1v) is 8.43. The molecule has 0 amide bonds. The number of rotatable bonds is 5. The molecule has 2 aromatic carbocycles. The first kappa shape index (κ1) is 16.8. The van der Waals surface area contributed by atoms with E-state index in [1.807, 2.05) is 19.9 Å². The highest BCUT2D eigenvalue weighted by Gasteiger charge is 2.21. The average Bonchev–Trinajstić information content (AvgIpc) is 2.46. The molecule has 2 rings (SSSR count). The predicted molar refractivity (Wildman–Crippen MR) is 85.4 cm³/mol. The predicted octanol–water partition coefficient (Wildman–Crippen LogP) is 2.87. The molecular formula is C16H15NO5S. The standard InChI is InChI=1S/C16H15NO5S/c1-11-7-12(2)9-13(8-11)16(18)10-23(21,22)15-5-3-14(4-6-15)17(19)20/h3-9H,10H2,1-2H3. The van der Waals surface area contributed by atoms with E-state index >= 15 is 0 Å². The maximum absolute atomic E-state index is 12.3. The molecule has 0 aromatic heterocycles. The van der Waals surface area contributed by atoms with Crippen LogP contribution in [0.2, 0.25) is 0 Å². The number of Topliss-reactive ketones (excluding diaryl/α,β-unsaturated/α-hetero) is 1. The fourth-order valence-corrected chi connectivity index (χ4v) is 3.48. The molecule has 0 unspecified atom stereocenters. The van der Waals surface area contributed by atoms with Crippen LogP contribution in [0.4, 0.5) is 5.69 Å². The van der Waals surface area contributed by atoms with Crippen molar-refractivity contribution in [3.05, 3.63) is 69.3 Å². The second-order valence-corrected chi connectivity index (χ2v) is 7.30. The molecule has 23 heavy (non-hydrogen) atoms. The third-order valence-corrected chi connectivity index (χ3v) is 4.90. The van der Waals surface area contributed by atoms with Gasteiger partial charge >= 0.3 is 0 Å². The lowest BCUT2D eigenvalue weighted by molar-refractivity contribution is -0.384.